The van der Waals surface area contributed by atoms with Gasteiger partial charge >= 0.3 is 7.12 Å². The second-order valence-corrected chi connectivity index (χ2v) is 11.1. The maximum Gasteiger partial charge on any atom is 0.455 e. The number of benzene rings is 2. The fraction of sp³-hybridized carbons (Fsp3) is 0.303. The van der Waals surface area contributed by atoms with Crippen molar-refractivity contribution >= 4 is 30.6 Å². The van der Waals surface area contributed by atoms with Crippen molar-refractivity contribution in [3.63, 3.8) is 0 Å². The number of phenolic OH excluding ortho intramolecular Hbond substituents is 1. The van der Waals surface area contributed by atoms with E-state index in [4.69, 9.17) is 9.39 Å². The van der Waals surface area contributed by atoms with Crippen LogP contribution in [0.25, 0.3) is 11.6 Å². The van der Waals surface area contributed by atoms with E-state index in [0.717, 1.165) is 22.4 Å². The lowest BCUT2D eigenvalue weighted by Gasteiger charge is -2.43. The number of fused-ring (bicyclic) bond motifs is 3. The molecule has 0 spiro atoms. The monoisotopic (exact) mass is 564 g/mol. The number of para-hydroxylation sites is 2. The molecule has 2 aliphatic heterocycles. The molecular formula is C33H33BN2O6. The fourth-order valence-corrected chi connectivity index (χ4v) is 6.65. The molecule has 2 aromatic carbocycles. The third kappa shape index (κ3) is 5.50. The fourth-order valence-electron chi connectivity index (χ4n) is 6.65. The van der Waals surface area contributed by atoms with Crippen LogP contribution in [0.2, 0.25) is 6.32 Å². The first-order valence-electron chi connectivity index (χ1n) is 14.3. The molecule has 0 unspecified atom stereocenters. The van der Waals surface area contributed by atoms with Crippen molar-refractivity contribution in [2.75, 3.05) is 13.7 Å². The Morgan fingerprint density at radius 1 is 1.05 bits per heavy atom. The Morgan fingerprint density at radius 2 is 1.81 bits per heavy atom. The quantitative estimate of drug-likeness (QED) is 0.234. The molecule has 2 amide bonds. The van der Waals surface area contributed by atoms with Crippen molar-refractivity contribution in [3.05, 3.63) is 101 Å². The average molecular weight is 564 g/mol. The average Bonchev–Trinajstić information content (AvgIpc) is 3.23. The van der Waals surface area contributed by atoms with Crippen LogP contribution in [-0.4, -0.2) is 58.7 Å². The van der Waals surface area contributed by atoms with Crippen molar-refractivity contribution in [1.82, 2.24) is 9.88 Å². The number of allylic oxidation sites excluding steroid dienone is 1. The molecule has 0 saturated carbocycles. The summed E-state index contributed by atoms with van der Waals surface area (Å²) in [4.78, 5) is 32.2. The van der Waals surface area contributed by atoms with Gasteiger partial charge in [0.1, 0.15) is 18.1 Å². The zero-order valence-electron chi connectivity index (χ0n) is 23.4. The number of likely N-dealkylation sites (tertiary alicyclic amines) is 1. The zero-order chi connectivity index (χ0) is 29.2. The lowest BCUT2D eigenvalue weighted by molar-refractivity contribution is -0.138. The smallest absolute Gasteiger partial charge is 0.455 e. The van der Waals surface area contributed by atoms with Gasteiger partial charge in [-0.05, 0) is 84.6 Å². The number of hydrogen-bond acceptors (Lipinski definition) is 7. The third-order valence-corrected chi connectivity index (χ3v) is 8.62. The predicted molar refractivity (Wildman–Crippen MR) is 159 cm³/mol. The summed E-state index contributed by atoms with van der Waals surface area (Å²) in [5.74, 6) is -0.808. The summed E-state index contributed by atoms with van der Waals surface area (Å²) in [6, 6.07) is 22.3. The molecule has 2 fully saturated rings. The molecule has 42 heavy (non-hydrogen) atoms. The van der Waals surface area contributed by atoms with E-state index in [2.05, 4.69) is 4.98 Å². The van der Waals surface area contributed by atoms with Gasteiger partial charge in [0, 0.05) is 18.8 Å². The van der Waals surface area contributed by atoms with E-state index in [1.54, 1.807) is 25.4 Å². The molecule has 3 heterocycles. The Kier molecular flexibility index (Phi) is 7.95. The lowest BCUT2D eigenvalue weighted by Crippen LogP contribution is -2.46. The minimum Gasteiger partial charge on any atom is -0.507 e. The Bertz CT molecular complexity index is 1530. The molecule has 1 aromatic heterocycles. The first-order valence-corrected chi connectivity index (χ1v) is 14.3. The van der Waals surface area contributed by atoms with E-state index in [-0.39, 0.29) is 36.4 Å². The van der Waals surface area contributed by atoms with E-state index in [1.807, 2.05) is 66.7 Å². The van der Waals surface area contributed by atoms with Crippen molar-refractivity contribution < 1.29 is 29.1 Å². The Hall–Kier alpha value is -4.21. The minimum absolute atomic E-state index is 0.172. The third-order valence-electron chi connectivity index (χ3n) is 8.62. The van der Waals surface area contributed by atoms with Crippen molar-refractivity contribution in [2.24, 2.45) is 17.8 Å². The van der Waals surface area contributed by atoms with Gasteiger partial charge in [0.15, 0.2) is 0 Å². The topological polar surface area (TPSA) is 109 Å². The number of aromatic hydroxyl groups is 1. The van der Waals surface area contributed by atoms with Crippen LogP contribution in [-0.2, 0) is 14.2 Å². The van der Waals surface area contributed by atoms with Crippen LogP contribution < -0.4 is 4.74 Å². The van der Waals surface area contributed by atoms with Crippen molar-refractivity contribution in [2.45, 2.75) is 31.7 Å². The first-order chi connectivity index (χ1) is 20.4. The molecular weight excluding hydrogens is 531 g/mol. The summed E-state index contributed by atoms with van der Waals surface area (Å²) in [6.07, 6.45) is 4.86. The Balaban J connectivity index is 1.35. The van der Waals surface area contributed by atoms with Gasteiger partial charge in [-0.25, -0.2) is 0 Å². The van der Waals surface area contributed by atoms with Gasteiger partial charge in [-0.3, -0.25) is 19.5 Å². The number of amides is 2. The molecule has 6 rings (SSSR count). The largest absolute Gasteiger partial charge is 0.507 e. The normalized spacial score (nSPS) is 24.1. The van der Waals surface area contributed by atoms with Crippen LogP contribution in [0.3, 0.4) is 0 Å². The number of carbonyl (C=O) groups excluding carboxylic acids is 2. The number of ether oxygens (including phenoxy) is 1. The van der Waals surface area contributed by atoms with E-state index >= 15 is 0 Å². The molecule has 8 nitrogen and oxygen atoms in total. The number of nitrogens with zero attached hydrogens (tertiary/aromatic N) is 2. The molecule has 214 valence electrons. The molecule has 2 saturated heterocycles. The zero-order valence-corrected chi connectivity index (χ0v) is 23.4. The number of rotatable bonds is 8. The second kappa shape index (κ2) is 12.0. The second-order valence-electron chi connectivity index (χ2n) is 11.1. The summed E-state index contributed by atoms with van der Waals surface area (Å²) >= 11 is 0. The molecule has 3 aromatic rings. The highest BCUT2D eigenvalue weighted by Crippen LogP contribution is 2.50. The van der Waals surface area contributed by atoms with Crippen LogP contribution in [0, 0.1) is 17.8 Å². The first kappa shape index (κ1) is 27.9. The van der Waals surface area contributed by atoms with Crippen LogP contribution in [0.5, 0.6) is 11.5 Å². The SMILES string of the molecule is CN1C(=O)[C@@H]2[C@@H](CC(COc3ccccc3)=C3[C@@H](CC/C(=C/c4ccccc4O)c4ccccn4)OB(O)C[C@@H]32)C1=O. The highest BCUT2D eigenvalue weighted by molar-refractivity contribution is 6.43. The van der Waals surface area contributed by atoms with Crippen LogP contribution in [0.4, 0.5) is 0 Å². The Labute approximate surface area is 245 Å². The van der Waals surface area contributed by atoms with Crippen molar-refractivity contribution in [3.8, 4) is 11.5 Å². The number of imide groups is 1. The van der Waals surface area contributed by atoms with E-state index < -0.39 is 25.1 Å². The molecule has 3 aliphatic rings. The molecule has 0 radical (unpaired) electrons. The molecule has 0 bridgehead atoms. The molecule has 9 heteroatoms. The predicted octanol–water partition coefficient (Wildman–Crippen LogP) is 4.61. The van der Waals surface area contributed by atoms with Gasteiger partial charge in [-0.1, -0.05) is 42.5 Å². The number of aromatic nitrogens is 1. The van der Waals surface area contributed by atoms with Gasteiger partial charge in [-0.15, -0.1) is 0 Å². The number of carbonyl (C=O) groups is 2. The van der Waals surface area contributed by atoms with E-state index in [1.165, 1.54) is 4.90 Å². The maximum absolute atomic E-state index is 13.3. The summed E-state index contributed by atoms with van der Waals surface area (Å²) in [5, 5.41) is 21.3. The number of phenols is 1. The standard InChI is InChI=1S/C33H33BN2O6/c1-36-32(38)25-18-23(20-41-24-10-3-2-4-11-24)30-26(31(25)33(36)39)19-34(40)42-29(30)15-14-21(27-12-7-8-16-35-27)17-22-9-5-6-13-28(22)37/h2-13,16-17,25-26,29,31,37,40H,14-15,18-20H2,1H3/b21-17-/t25-,26+,29-,31-/m1/s1. The highest BCUT2D eigenvalue weighted by Gasteiger charge is 2.56. The van der Waals surface area contributed by atoms with Gasteiger partial charge in [0.25, 0.3) is 0 Å². The van der Waals surface area contributed by atoms with Crippen LogP contribution >= 0.6 is 0 Å². The number of hydrogen-bond donors (Lipinski definition) is 2. The lowest BCUT2D eigenvalue weighted by atomic mass is 9.58. The number of pyridine rings is 1. The van der Waals surface area contributed by atoms with Gasteiger partial charge in [0.05, 0.1) is 23.6 Å². The van der Waals surface area contributed by atoms with Crippen LogP contribution in [0.1, 0.15) is 30.5 Å². The summed E-state index contributed by atoms with van der Waals surface area (Å²) in [6.45, 7) is 0.265. The summed E-state index contributed by atoms with van der Waals surface area (Å²) in [5.41, 5.74) is 4.26. The maximum atomic E-state index is 13.3. The summed E-state index contributed by atoms with van der Waals surface area (Å²) < 4.78 is 12.3. The molecule has 1 aliphatic carbocycles. The van der Waals surface area contributed by atoms with Gasteiger partial charge in [0.2, 0.25) is 11.8 Å². The summed E-state index contributed by atoms with van der Waals surface area (Å²) in [7, 11) is 0.479. The molecule has 4 atom stereocenters. The van der Waals surface area contributed by atoms with E-state index in [0.29, 0.717) is 30.6 Å². The van der Waals surface area contributed by atoms with Crippen LogP contribution in [0.15, 0.2) is 90.1 Å². The van der Waals surface area contributed by atoms with E-state index in [9.17, 15) is 19.7 Å². The molecule has 2 N–H and O–H groups in total. The van der Waals surface area contributed by atoms with Crippen molar-refractivity contribution in [1.29, 1.82) is 0 Å². The van der Waals surface area contributed by atoms with Gasteiger partial charge < -0.3 is 19.5 Å². The Morgan fingerprint density at radius 3 is 2.57 bits per heavy atom. The van der Waals surface area contributed by atoms with Gasteiger partial charge in [-0.2, -0.15) is 0 Å². The highest BCUT2D eigenvalue weighted by atomic mass is 16.5. The minimum atomic E-state index is -1.06.